The smallest absolute Gasteiger partial charge is 0.0971 e. The average Bonchev–Trinajstić information content (AvgIpc) is 2.14. The van der Waals surface area contributed by atoms with Crippen molar-refractivity contribution in [3.05, 3.63) is 0 Å². The van der Waals surface area contributed by atoms with Gasteiger partial charge in [0, 0.05) is 12.4 Å². The number of hydrogen-bond acceptors (Lipinski definition) is 2. The minimum atomic E-state index is 0.252. The van der Waals surface area contributed by atoms with E-state index in [-0.39, 0.29) is 6.10 Å². The first kappa shape index (κ1) is 5.35. The topological polar surface area (TPSA) is 21.3 Å². The Morgan fingerprint density at radius 1 is 1.86 bits per heavy atom. The summed E-state index contributed by atoms with van der Waals surface area (Å²) in [5.74, 6) is 0.604. The Kier molecular flexibility index (Phi) is 1.91. The minimum Gasteiger partial charge on any atom is -0.361 e. The fourth-order valence-corrected chi connectivity index (χ4v) is 0.753. The van der Waals surface area contributed by atoms with Crippen LogP contribution in [0.1, 0.15) is 0 Å². The van der Waals surface area contributed by atoms with Gasteiger partial charge >= 0.3 is 0 Å². The highest BCUT2D eigenvalue weighted by molar-refractivity contribution is 6.18. The molecule has 0 saturated carbocycles. The maximum atomic E-state index is 5.44. The van der Waals surface area contributed by atoms with E-state index in [1.54, 1.807) is 0 Å². The van der Waals surface area contributed by atoms with Crippen molar-refractivity contribution in [3.8, 4) is 0 Å². The second kappa shape index (κ2) is 2.50. The second-order valence-corrected chi connectivity index (χ2v) is 1.85. The lowest BCUT2D eigenvalue weighted by atomic mass is 10.4. The molecule has 0 aliphatic carbocycles. The van der Waals surface area contributed by atoms with Crippen LogP contribution in [0.5, 0.6) is 0 Å². The summed E-state index contributed by atoms with van der Waals surface area (Å²) in [5, 5.41) is 3.02. The fraction of sp³-hybridized carbons (Fsp3) is 1.00. The molecule has 1 heterocycles. The Balaban J connectivity index is 2.14. The largest absolute Gasteiger partial charge is 0.361 e. The van der Waals surface area contributed by atoms with E-state index >= 15 is 0 Å². The van der Waals surface area contributed by atoms with E-state index in [4.69, 9.17) is 16.3 Å². The maximum Gasteiger partial charge on any atom is 0.0971 e. The van der Waals surface area contributed by atoms with Crippen LogP contribution in [-0.4, -0.2) is 25.3 Å². The van der Waals surface area contributed by atoms with Gasteiger partial charge in [-0.1, -0.05) is 0 Å². The molecular weight excluding hydrogens is 114 g/mol. The molecule has 0 radical (unpaired) electrons. The Morgan fingerprint density at radius 2 is 2.71 bits per heavy atom. The summed E-state index contributed by atoms with van der Waals surface area (Å²) in [6.45, 7) is 1.57. The highest BCUT2D eigenvalue weighted by Gasteiger charge is 2.11. The molecular formula is C4H8ClNO. The van der Waals surface area contributed by atoms with Crippen LogP contribution in [-0.2, 0) is 4.74 Å². The van der Waals surface area contributed by atoms with Gasteiger partial charge in [0.1, 0.15) is 0 Å². The molecule has 0 aromatic rings. The van der Waals surface area contributed by atoms with Crippen molar-refractivity contribution in [2.75, 3.05) is 19.2 Å². The van der Waals surface area contributed by atoms with Gasteiger partial charge in [0.15, 0.2) is 0 Å². The molecule has 0 aromatic heterocycles. The number of nitrogens with one attached hydrogen (secondary N) is 1. The first-order valence-corrected chi connectivity index (χ1v) is 2.85. The summed E-state index contributed by atoms with van der Waals surface area (Å²) in [6.07, 6.45) is 0.252. The van der Waals surface area contributed by atoms with Gasteiger partial charge < -0.3 is 4.74 Å². The van der Waals surface area contributed by atoms with Gasteiger partial charge in [-0.25, -0.2) is 0 Å². The molecule has 0 amide bonds. The van der Waals surface area contributed by atoms with Crippen LogP contribution in [0.3, 0.4) is 0 Å². The summed E-state index contributed by atoms with van der Waals surface area (Å²) >= 11 is 5.44. The summed E-state index contributed by atoms with van der Waals surface area (Å²) in [7, 11) is 0. The summed E-state index contributed by atoms with van der Waals surface area (Å²) in [5.41, 5.74) is 0. The highest BCUT2D eigenvalue weighted by atomic mass is 35.5. The Labute approximate surface area is 47.8 Å². The third-order valence-corrected chi connectivity index (χ3v) is 1.31. The molecule has 1 aliphatic heterocycles. The molecule has 3 heteroatoms. The predicted molar refractivity (Wildman–Crippen MR) is 28.5 cm³/mol. The third-order valence-electron chi connectivity index (χ3n) is 0.965. The predicted octanol–water partition coefficient (Wildman–Crippen LogP) is 0.171. The van der Waals surface area contributed by atoms with Gasteiger partial charge in [0.25, 0.3) is 0 Å². The van der Waals surface area contributed by atoms with E-state index in [1.165, 1.54) is 0 Å². The zero-order chi connectivity index (χ0) is 5.11. The average molecular weight is 122 g/mol. The zero-order valence-electron chi connectivity index (χ0n) is 3.98. The monoisotopic (exact) mass is 121 g/mol. The Bertz CT molecular complexity index is 53.7. The quantitative estimate of drug-likeness (QED) is 0.500. The maximum absolute atomic E-state index is 5.44. The summed E-state index contributed by atoms with van der Waals surface area (Å²) in [6, 6.07) is 0. The van der Waals surface area contributed by atoms with E-state index in [2.05, 4.69) is 5.32 Å². The lowest BCUT2D eigenvalue weighted by Crippen LogP contribution is -2.14. The molecule has 1 rings (SSSR count). The van der Waals surface area contributed by atoms with Gasteiger partial charge in [-0.05, 0) is 0 Å². The molecule has 1 N–H and O–H groups in total. The highest BCUT2D eigenvalue weighted by Crippen LogP contribution is 1.97. The molecule has 2 nitrogen and oxygen atoms in total. The molecule has 7 heavy (non-hydrogen) atoms. The van der Waals surface area contributed by atoms with E-state index in [9.17, 15) is 0 Å². The van der Waals surface area contributed by atoms with Crippen molar-refractivity contribution in [1.29, 1.82) is 0 Å². The van der Waals surface area contributed by atoms with E-state index in [1.807, 2.05) is 0 Å². The van der Waals surface area contributed by atoms with Gasteiger partial charge in [0.05, 0.1) is 12.8 Å². The van der Waals surface area contributed by atoms with Crippen LogP contribution in [0, 0.1) is 0 Å². The van der Waals surface area contributed by atoms with Crippen LogP contribution in [0.25, 0.3) is 0 Å². The van der Waals surface area contributed by atoms with Crippen molar-refractivity contribution in [1.82, 2.24) is 5.32 Å². The lowest BCUT2D eigenvalue weighted by molar-refractivity contribution is 0.129. The van der Waals surface area contributed by atoms with Gasteiger partial charge in [-0.15, -0.1) is 11.6 Å². The molecule has 42 valence electrons. The first-order valence-electron chi connectivity index (χ1n) is 2.32. The molecule has 1 unspecified atom stereocenters. The number of hydrogen-bond donors (Lipinski definition) is 1. The van der Waals surface area contributed by atoms with E-state index in [0.29, 0.717) is 12.6 Å². The number of halogens is 1. The van der Waals surface area contributed by atoms with E-state index in [0.717, 1.165) is 6.54 Å². The lowest BCUT2D eigenvalue weighted by Gasteiger charge is -1.98. The molecule has 1 fully saturated rings. The molecule has 1 atom stereocenters. The van der Waals surface area contributed by atoms with Gasteiger partial charge in [-0.2, -0.15) is 0 Å². The summed E-state index contributed by atoms with van der Waals surface area (Å²) < 4.78 is 5.06. The fourth-order valence-electron chi connectivity index (χ4n) is 0.555. The van der Waals surface area contributed by atoms with Crippen molar-refractivity contribution >= 4 is 11.6 Å². The van der Waals surface area contributed by atoms with Crippen LogP contribution in [0.15, 0.2) is 0 Å². The standard InChI is InChI=1S/C4H8ClNO/c5-1-4-2-6-3-7-4/h4,6H,1-3H2. The number of rotatable bonds is 1. The number of alkyl halides is 1. The SMILES string of the molecule is ClCC1CNCO1. The minimum absolute atomic E-state index is 0.252. The molecule has 1 aliphatic rings. The zero-order valence-corrected chi connectivity index (χ0v) is 4.74. The number of ether oxygens (including phenoxy) is 1. The van der Waals surface area contributed by atoms with Crippen LogP contribution >= 0.6 is 11.6 Å². The van der Waals surface area contributed by atoms with Gasteiger partial charge in [0.2, 0.25) is 0 Å². The normalized spacial score (nSPS) is 31.3. The third kappa shape index (κ3) is 1.30. The van der Waals surface area contributed by atoms with Crippen molar-refractivity contribution in [2.45, 2.75) is 6.10 Å². The molecule has 0 aromatic carbocycles. The van der Waals surface area contributed by atoms with Crippen molar-refractivity contribution < 1.29 is 4.74 Å². The second-order valence-electron chi connectivity index (χ2n) is 1.54. The molecule has 0 spiro atoms. The molecule has 0 bridgehead atoms. The Hall–Kier alpha value is 0.210. The first-order chi connectivity index (χ1) is 3.43. The van der Waals surface area contributed by atoms with Crippen LogP contribution in [0.4, 0.5) is 0 Å². The van der Waals surface area contributed by atoms with E-state index < -0.39 is 0 Å². The van der Waals surface area contributed by atoms with Crippen LogP contribution < -0.4 is 5.32 Å². The Morgan fingerprint density at radius 3 is 3.00 bits per heavy atom. The van der Waals surface area contributed by atoms with Crippen LogP contribution in [0.2, 0.25) is 0 Å². The summed E-state index contributed by atoms with van der Waals surface area (Å²) in [4.78, 5) is 0. The van der Waals surface area contributed by atoms with Crippen molar-refractivity contribution in [2.24, 2.45) is 0 Å². The van der Waals surface area contributed by atoms with Gasteiger partial charge in [-0.3, -0.25) is 5.32 Å². The molecule has 1 saturated heterocycles. The van der Waals surface area contributed by atoms with Crippen molar-refractivity contribution in [3.63, 3.8) is 0 Å².